The van der Waals surface area contributed by atoms with Crippen LogP contribution >= 0.6 is 0 Å². The molecule has 0 saturated heterocycles. The Labute approximate surface area is 103 Å². The van der Waals surface area contributed by atoms with Crippen molar-refractivity contribution in [2.24, 2.45) is 0 Å². The fraction of sp³-hybridized carbons (Fsp3) is 0.538. The van der Waals surface area contributed by atoms with Crippen LogP contribution < -0.4 is 14.8 Å². The molecule has 4 heteroatoms. The summed E-state index contributed by atoms with van der Waals surface area (Å²) in [7, 11) is 3.20. The number of nitrogens with one attached hydrogen (secondary N) is 1. The second-order valence-electron chi connectivity index (χ2n) is 3.90. The molecule has 0 amide bonds. The Morgan fingerprint density at radius 1 is 1.29 bits per heavy atom. The zero-order valence-electron chi connectivity index (χ0n) is 10.9. The van der Waals surface area contributed by atoms with Gasteiger partial charge >= 0.3 is 0 Å². The van der Waals surface area contributed by atoms with Gasteiger partial charge in [0, 0.05) is 11.6 Å². The minimum Gasteiger partial charge on any atom is -0.497 e. The maximum Gasteiger partial charge on any atom is 0.124 e. The van der Waals surface area contributed by atoms with E-state index in [1.54, 1.807) is 26.4 Å². The van der Waals surface area contributed by atoms with Crippen molar-refractivity contribution in [3.05, 3.63) is 23.8 Å². The lowest BCUT2D eigenvalue weighted by molar-refractivity contribution is 0.133. The summed E-state index contributed by atoms with van der Waals surface area (Å²) in [5.74, 6) is 1.38. The highest BCUT2D eigenvalue weighted by Gasteiger charge is 2.20. The molecule has 0 fully saturated rings. The highest BCUT2D eigenvalue weighted by molar-refractivity contribution is 5.42. The van der Waals surface area contributed by atoms with E-state index in [-0.39, 0.29) is 6.04 Å². The van der Waals surface area contributed by atoms with Crippen LogP contribution in [0.4, 0.5) is 0 Å². The molecule has 96 valence electrons. The molecule has 17 heavy (non-hydrogen) atoms. The number of benzene rings is 1. The van der Waals surface area contributed by atoms with Gasteiger partial charge in [0.1, 0.15) is 11.5 Å². The van der Waals surface area contributed by atoms with E-state index >= 15 is 0 Å². The number of ether oxygens (including phenoxy) is 2. The van der Waals surface area contributed by atoms with Crippen LogP contribution in [0.5, 0.6) is 11.5 Å². The average Bonchev–Trinajstić information content (AvgIpc) is 2.37. The Kier molecular flexibility index (Phi) is 5.25. The zero-order valence-corrected chi connectivity index (χ0v) is 10.9. The molecule has 1 rings (SSSR count). The lowest BCUT2D eigenvalue weighted by Gasteiger charge is -2.22. The highest BCUT2D eigenvalue weighted by atomic mass is 16.5. The maximum atomic E-state index is 10.3. The average molecular weight is 239 g/mol. The monoisotopic (exact) mass is 239 g/mol. The lowest BCUT2D eigenvalue weighted by atomic mass is 10.0. The number of likely N-dealkylation sites (N-methyl/N-ethyl adjacent to an activating group) is 1. The third-order valence-electron chi connectivity index (χ3n) is 2.76. The van der Waals surface area contributed by atoms with Crippen molar-refractivity contribution >= 4 is 0 Å². The molecule has 0 radical (unpaired) electrons. The van der Waals surface area contributed by atoms with Crippen LogP contribution in [0.3, 0.4) is 0 Å². The first-order valence-corrected chi connectivity index (χ1v) is 5.77. The zero-order chi connectivity index (χ0) is 12.8. The van der Waals surface area contributed by atoms with Gasteiger partial charge in [-0.15, -0.1) is 0 Å². The van der Waals surface area contributed by atoms with Gasteiger partial charge in [0.25, 0.3) is 0 Å². The number of aliphatic hydroxyl groups is 1. The summed E-state index contributed by atoms with van der Waals surface area (Å²) in [4.78, 5) is 0. The molecule has 0 aromatic heterocycles. The van der Waals surface area contributed by atoms with E-state index in [2.05, 4.69) is 5.32 Å². The van der Waals surface area contributed by atoms with Gasteiger partial charge in [-0.25, -0.2) is 0 Å². The molecule has 1 aromatic carbocycles. The van der Waals surface area contributed by atoms with E-state index in [0.29, 0.717) is 11.5 Å². The predicted octanol–water partition coefficient (Wildman–Crippen LogP) is 1.74. The first kappa shape index (κ1) is 13.8. The molecule has 2 atom stereocenters. The van der Waals surface area contributed by atoms with Crippen LogP contribution in [0.15, 0.2) is 18.2 Å². The molecule has 2 unspecified atom stereocenters. The maximum absolute atomic E-state index is 10.3. The second kappa shape index (κ2) is 6.47. The fourth-order valence-electron chi connectivity index (χ4n) is 1.77. The number of methoxy groups -OCH3 is 2. The van der Waals surface area contributed by atoms with E-state index in [1.807, 2.05) is 19.9 Å². The van der Waals surface area contributed by atoms with Gasteiger partial charge in [-0.3, -0.25) is 0 Å². The highest BCUT2D eigenvalue weighted by Crippen LogP contribution is 2.30. The van der Waals surface area contributed by atoms with Crippen molar-refractivity contribution in [1.29, 1.82) is 0 Å². The van der Waals surface area contributed by atoms with Crippen molar-refractivity contribution in [3.63, 3.8) is 0 Å². The van der Waals surface area contributed by atoms with Crippen LogP contribution in [0.2, 0.25) is 0 Å². The quantitative estimate of drug-likeness (QED) is 0.794. The molecule has 4 nitrogen and oxygen atoms in total. The summed E-state index contributed by atoms with van der Waals surface area (Å²) in [6, 6.07) is 5.38. The molecule has 0 bridgehead atoms. The van der Waals surface area contributed by atoms with Gasteiger partial charge in [-0.1, -0.05) is 6.92 Å². The van der Waals surface area contributed by atoms with E-state index in [0.717, 1.165) is 12.1 Å². The van der Waals surface area contributed by atoms with Crippen molar-refractivity contribution in [1.82, 2.24) is 5.32 Å². The van der Waals surface area contributed by atoms with Gasteiger partial charge in [-0.05, 0) is 31.7 Å². The molecule has 0 aliphatic carbocycles. The minimum atomic E-state index is -0.625. The summed E-state index contributed by atoms with van der Waals surface area (Å²) in [6.07, 6.45) is -0.625. The molecule has 0 aliphatic heterocycles. The van der Waals surface area contributed by atoms with Crippen LogP contribution in [0, 0.1) is 0 Å². The Hall–Kier alpha value is -1.26. The number of rotatable bonds is 6. The Morgan fingerprint density at radius 3 is 2.53 bits per heavy atom. The SMILES string of the molecule is CCNC(C)C(O)c1cc(OC)ccc1OC. The topological polar surface area (TPSA) is 50.7 Å². The van der Waals surface area contributed by atoms with E-state index in [1.165, 1.54) is 0 Å². The fourth-order valence-corrected chi connectivity index (χ4v) is 1.77. The first-order valence-electron chi connectivity index (χ1n) is 5.77. The number of hydrogen-bond donors (Lipinski definition) is 2. The third-order valence-corrected chi connectivity index (χ3v) is 2.76. The second-order valence-corrected chi connectivity index (χ2v) is 3.90. The van der Waals surface area contributed by atoms with Crippen molar-refractivity contribution < 1.29 is 14.6 Å². The number of aliphatic hydroxyl groups excluding tert-OH is 1. The molecule has 0 spiro atoms. The van der Waals surface area contributed by atoms with E-state index in [9.17, 15) is 5.11 Å². The minimum absolute atomic E-state index is 0.0407. The van der Waals surface area contributed by atoms with Crippen molar-refractivity contribution in [2.75, 3.05) is 20.8 Å². The van der Waals surface area contributed by atoms with Crippen molar-refractivity contribution in [2.45, 2.75) is 26.0 Å². The molecule has 0 aliphatic rings. The molecule has 1 aromatic rings. The summed E-state index contributed by atoms with van der Waals surface area (Å²) < 4.78 is 10.4. The smallest absolute Gasteiger partial charge is 0.124 e. The first-order chi connectivity index (χ1) is 8.13. The molecule has 0 heterocycles. The summed E-state index contributed by atoms with van der Waals surface area (Å²) in [5.41, 5.74) is 0.736. The van der Waals surface area contributed by atoms with Gasteiger partial charge in [0.05, 0.1) is 20.3 Å². The van der Waals surface area contributed by atoms with Crippen LogP contribution in [-0.4, -0.2) is 31.9 Å². The van der Waals surface area contributed by atoms with E-state index < -0.39 is 6.10 Å². The Morgan fingerprint density at radius 2 is 2.00 bits per heavy atom. The normalized spacial score (nSPS) is 14.2. The Bertz CT molecular complexity index is 355. The number of hydrogen-bond acceptors (Lipinski definition) is 4. The largest absolute Gasteiger partial charge is 0.497 e. The van der Waals surface area contributed by atoms with Crippen LogP contribution in [0.25, 0.3) is 0 Å². The molecular weight excluding hydrogens is 218 g/mol. The van der Waals surface area contributed by atoms with Gasteiger partial charge in [0.15, 0.2) is 0 Å². The molecule has 2 N–H and O–H groups in total. The summed E-state index contributed by atoms with van der Waals surface area (Å²) >= 11 is 0. The summed E-state index contributed by atoms with van der Waals surface area (Å²) in [6.45, 7) is 4.75. The molecular formula is C13H21NO3. The van der Waals surface area contributed by atoms with Gasteiger partial charge in [0.2, 0.25) is 0 Å². The Balaban J connectivity index is 3.00. The lowest BCUT2D eigenvalue weighted by Crippen LogP contribution is -2.32. The predicted molar refractivity (Wildman–Crippen MR) is 67.6 cm³/mol. The summed E-state index contributed by atoms with van der Waals surface area (Å²) in [5, 5.41) is 13.4. The van der Waals surface area contributed by atoms with Crippen LogP contribution in [-0.2, 0) is 0 Å². The standard InChI is InChI=1S/C13H21NO3/c1-5-14-9(2)13(15)11-8-10(16-3)6-7-12(11)17-4/h6-9,13-15H,5H2,1-4H3. The van der Waals surface area contributed by atoms with E-state index in [4.69, 9.17) is 9.47 Å². The van der Waals surface area contributed by atoms with Gasteiger partial charge in [-0.2, -0.15) is 0 Å². The van der Waals surface area contributed by atoms with Gasteiger partial charge < -0.3 is 19.9 Å². The van der Waals surface area contributed by atoms with Crippen LogP contribution in [0.1, 0.15) is 25.5 Å². The van der Waals surface area contributed by atoms with Crippen molar-refractivity contribution in [3.8, 4) is 11.5 Å². The molecule has 0 saturated carbocycles. The third kappa shape index (κ3) is 3.35.